The van der Waals surface area contributed by atoms with Crippen molar-refractivity contribution in [2.75, 3.05) is 26.3 Å². The van der Waals surface area contributed by atoms with Gasteiger partial charge in [0.25, 0.3) is 0 Å². The first-order valence-corrected chi connectivity index (χ1v) is 6.68. The van der Waals surface area contributed by atoms with Crippen LogP contribution < -0.4 is 5.32 Å². The highest BCUT2D eigenvalue weighted by Crippen LogP contribution is 2.03. The SMILES string of the molecule is CC(NCc1cscn1)C(=O)N1CCOCC1. The molecule has 6 heteroatoms. The summed E-state index contributed by atoms with van der Waals surface area (Å²) in [6.45, 7) is 5.21. The first kappa shape index (κ1) is 12.5. The molecule has 2 rings (SSSR count). The average molecular weight is 255 g/mol. The zero-order valence-electron chi connectivity index (χ0n) is 9.89. The van der Waals surface area contributed by atoms with Crippen LogP contribution in [-0.4, -0.2) is 48.1 Å². The van der Waals surface area contributed by atoms with Gasteiger partial charge in [-0.05, 0) is 6.92 Å². The van der Waals surface area contributed by atoms with Crippen molar-refractivity contribution in [1.29, 1.82) is 0 Å². The number of hydrogen-bond acceptors (Lipinski definition) is 5. The molecule has 1 saturated heterocycles. The van der Waals surface area contributed by atoms with Gasteiger partial charge in [0.1, 0.15) is 0 Å². The summed E-state index contributed by atoms with van der Waals surface area (Å²) in [5.41, 5.74) is 2.78. The van der Waals surface area contributed by atoms with Crippen molar-refractivity contribution in [3.8, 4) is 0 Å². The molecule has 0 aliphatic carbocycles. The summed E-state index contributed by atoms with van der Waals surface area (Å²) in [7, 11) is 0. The number of carbonyl (C=O) groups excluding carboxylic acids is 1. The number of rotatable bonds is 4. The lowest BCUT2D eigenvalue weighted by Crippen LogP contribution is -2.49. The Morgan fingerprint density at radius 1 is 1.65 bits per heavy atom. The molecule has 1 fully saturated rings. The van der Waals surface area contributed by atoms with Crippen LogP contribution in [0.5, 0.6) is 0 Å². The molecule has 0 saturated carbocycles. The minimum Gasteiger partial charge on any atom is -0.378 e. The molecule has 1 aromatic rings. The van der Waals surface area contributed by atoms with E-state index in [-0.39, 0.29) is 11.9 Å². The van der Waals surface area contributed by atoms with Crippen LogP contribution in [0, 0.1) is 0 Å². The first-order valence-electron chi connectivity index (χ1n) is 5.74. The third kappa shape index (κ3) is 3.49. The molecular weight excluding hydrogens is 238 g/mol. The zero-order chi connectivity index (χ0) is 12.1. The maximum atomic E-state index is 12.0. The van der Waals surface area contributed by atoms with Gasteiger partial charge < -0.3 is 15.0 Å². The fourth-order valence-electron chi connectivity index (χ4n) is 1.73. The minimum atomic E-state index is -0.171. The van der Waals surface area contributed by atoms with E-state index in [9.17, 15) is 4.79 Å². The van der Waals surface area contributed by atoms with Gasteiger partial charge in [0.05, 0.1) is 30.5 Å². The fraction of sp³-hybridized carbons (Fsp3) is 0.636. The van der Waals surface area contributed by atoms with Gasteiger partial charge in [0.15, 0.2) is 0 Å². The molecule has 17 heavy (non-hydrogen) atoms. The molecule has 1 atom stereocenters. The minimum absolute atomic E-state index is 0.142. The van der Waals surface area contributed by atoms with Crippen LogP contribution in [0.1, 0.15) is 12.6 Å². The maximum absolute atomic E-state index is 12.0. The molecule has 2 heterocycles. The van der Waals surface area contributed by atoms with Crippen molar-refractivity contribution in [2.24, 2.45) is 0 Å². The Balaban J connectivity index is 1.78. The molecule has 1 amide bonds. The molecular formula is C11H17N3O2S. The quantitative estimate of drug-likeness (QED) is 0.850. The molecule has 94 valence electrons. The summed E-state index contributed by atoms with van der Waals surface area (Å²) < 4.78 is 5.23. The highest BCUT2D eigenvalue weighted by atomic mass is 32.1. The van der Waals surface area contributed by atoms with Gasteiger partial charge in [-0.1, -0.05) is 0 Å². The normalized spacial score (nSPS) is 18.1. The van der Waals surface area contributed by atoms with E-state index in [2.05, 4.69) is 10.3 Å². The van der Waals surface area contributed by atoms with E-state index in [0.717, 1.165) is 5.69 Å². The molecule has 1 aliphatic heterocycles. The van der Waals surface area contributed by atoms with E-state index < -0.39 is 0 Å². The molecule has 0 aromatic carbocycles. The van der Waals surface area contributed by atoms with Crippen LogP contribution in [0.25, 0.3) is 0 Å². The lowest BCUT2D eigenvalue weighted by molar-refractivity contribution is -0.137. The van der Waals surface area contributed by atoms with Gasteiger partial charge in [0, 0.05) is 25.0 Å². The van der Waals surface area contributed by atoms with Crippen molar-refractivity contribution in [2.45, 2.75) is 19.5 Å². The van der Waals surface area contributed by atoms with Crippen molar-refractivity contribution < 1.29 is 9.53 Å². The first-order chi connectivity index (χ1) is 8.27. The van der Waals surface area contributed by atoms with Crippen LogP contribution in [0.4, 0.5) is 0 Å². The lowest BCUT2D eigenvalue weighted by Gasteiger charge is -2.29. The zero-order valence-corrected chi connectivity index (χ0v) is 10.7. The Labute approximate surface area is 105 Å². The highest BCUT2D eigenvalue weighted by molar-refractivity contribution is 7.07. The fourth-order valence-corrected chi connectivity index (χ4v) is 2.29. The largest absolute Gasteiger partial charge is 0.378 e. The molecule has 1 aromatic heterocycles. The Morgan fingerprint density at radius 2 is 2.41 bits per heavy atom. The van der Waals surface area contributed by atoms with Gasteiger partial charge >= 0.3 is 0 Å². The predicted octanol–water partition coefficient (Wildman–Crippen LogP) is 0.480. The summed E-state index contributed by atoms with van der Waals surface area (Å²) in [5, 5.41) is 5.18. The number of carbonyl (C=O) groups is 1. The van der Waals surface area contributed by atoms with E-state index in [4.69, 9.17) is 4.74 Å². The van der Waals surface area contributed by atoms with Crippen LogP contribution in [0.3, 0.4) is 0 Å². The Hall–Kier alpha value is -0.980. The number of amides is 1. The monoisotopic (exact) mass is 255 g/mol. The molecule has 0 bridgehead atoms. The van der Waals surface area contributed by atoms with E-state index >= 15 is 0 Å². The third-order valence-corrected chi connectivity index (χ3v) is 3.40. The molecule has 5 nitrogen and oxygen atoms in total. The van der Waals surface area contributed by atoms with E-state index in [1.807, 2.05) is 17.2 Å². The molecule has 1 unspecified atom stereocenters. The number of ether oxygens (including phenoxy) is 1. The van der Waals surface area contributed by atoms with Gasteiger partial charge in [-0.25, -0.2) is 4.98 Å². The third-order valence-electron chi connectivity index (χ3n) is 2.77. The second kappa shape index (κ2) is 6.09. The van der Waals surface area contributed by atoms with Gasteiger partial charge in [-0.2, -0.15) is 0 Å². The van der Waals surface area contributed by atoms with Gasteiger partial charge in [-0.3, -0.25) is 4.79 Å². The standard InChI is InChI=1S/C11H17N3O2S/c1-9(12-6-10-7-17-8-13-10)11(15)14-2-4-16-5-3-14/h7-9,12H,2-6H2,1H3. The number of aromatic nitrogens is 1. The van der Waals surface area contributed by atoms with Crippen molar-refractivity contribution in [3.63, 3.8) is 0 Å². The molecule has 1 N–H and O–H groups in total. The van der Waals surface area contributed by atoms with E-state index in [1.165, 1.54) is 0 Å². The summed E-state index contributed by atoms with van der Waals surface area (Å²) >= 11 is 1.56. The molecule has 1 aliphatic rings. The molecule has 0 radical (unpaired) electrons. The second-order valence-electron chi connectivity index (χ2n) is 4.02. The van der Waals surface area contributed by atoms with Crippen LogP contribution >= 0.6 is 11.3 Å². The Bertz CT molecular complexity index is 350. The van der Waals surface area contributed by atoms with Crippen molar-refractivity contribution in [1.82, 2.24) is 15.2 Å². The predicted molar refractivity (Wildman–Crippen MR) is 65.8 cm³/mol. The van der Waals surface area contributed by atoms with E-state index in [1.54, 1.807) is 16.8 Å². The summed E-state index contributed by atoms with van der Waals surface area (Å²) in [6.07, 6.45) is 0. The lowest BCUT2D eigenvalue weighted by atomic mass is 10.2. The van der Waals surface area contributed by atoms with Crippen LogP contribution in [-0.2, 0) is 16.1 Å². The number of nitrogens with zero attached hydrogens (tertiary/aromatic N) is 2. The van der Waals surface area contributed by atoms with Crippen molar-refractivity contribution in [3.05, 3.63) is 16.6 Å². The number of nitrogens with one attached hydrogen (secondary N) is 1. The topological polar surface area (TPSA) is 54.5 Å². The molecule has 0 spiro atoms. The summed E-state index contributed by atoms with van der Waals surface area (Å²) in [5.74, 6) is 0.142. The van der Waals surface area contributed by atoms with Crippen molar-refractivity contribution >= 4 is 17.2 Å². The van der Waals surface area contributed by atoms with Gasteiger partial charge in [-0.15, -0.1) is 11.3 Å². The maximum Gasteiger partial charge on any atom is 0.239 e. The number of hydrogen-bond donors (Lipinski definition) is 1. The van der Waals surface area contributed by atoms with Crippen LogP contribution in [0.2, 0.25) is 0 Å². The van der Waals surface area contributed by atoms with Crippen LogP contribution in [0.15, 0.2) is 10.9 Å². The van der Waals surface area contributed by atoms with E-state index in [0.29, 0.717) is 32.8 Å². The summed E-state index contributed by atoms with van der Waals surface area (Å²) in [4.78, 5) is 18.1. The average Bonchev–Trinajstić information content (AvgIpc) is 2.89. The van der Waals surface area contributed by atoms with Gasteiger partial charge in [0.2, 0.25) is 5.91 Å². The Morgan fingerprint density at radius 3 is 3.06 bits per heavy atom. The highest BCUT2D eigenvalue weighted by Gasteiger charge is 2.21. The number of morpholine rings is 1. The Kier molecular flexibility index (Phi) is 4.47. The summed E-state index contributed by atoms with van der Waals surface area (Å²) in [6, 6.07) is -0.171. The second-order valence-corrected chi connectivity index (χ2v) is 4.74. The number of thiazole rings is 1. The smallest absolute Gasteiger partial charge is 0.239 e.